The van der Waals surface area contributed by atoms with Crippen molar-refractivity contribution in [2.45, 2.75) is 25.9 Å². The average molecular weight is 267 g/mol. The highest BCUT2D eigenvalue weighted by atomic mass is 32.2. The first-order valence-electron chi connectivity index (χ1n) is 6.22. The Morgan fingerprint density at radius 3 is 2.67 bits per heavy atom. The van der Waals surface area contributed by atoms with Gasteiger partial charge in [0.15, 0.2) is 0 Å². The topological polar surface area (TPSA) is 43.7 Å². The Balaban J connectivity index is 2.68. The van der Waals surface area contributed by atoms with E-state index in [0.29, 0.717) is 11.5 Å². The van der Waals surface area contributed by atoms with Gasteiger partial charge < -0.3 is 10.0 Å². The van der Waals surface area contributed by atoms with Gasteiger partial charge in [-0.15, -0.1) is 0 Å². The first-order valence-corrected chi connectivity index (χ1v) is 7.62. The minimum Gasteiger partial charge on any atom is -0.423 e. The molecule has 2 N–H and O–H groups in total. The fourth-order valence-corrected chi connectivity index (χ4v) is 2.89. The second-order valence-corrected chi connectivity index (χ2v) is 5.46. The van der Waals surface area contributed by atoms with E-state index in [2.05, 4.69) is 25.1 Å². The van der Waals surface area contributed by atoms with Gasteiger partial charge in [-0.1, -0.05) is 31.2 Å². The molecule has 0 aromatic heterocycles. The summed E-state index contributed by atoms with van der Waals surface area (Å²) in [6.07, 6.45) is 3.25. The summed E-state index contributed by atoms with van der Waals surface area (Å²) >= 11 is 1.86. The lowest BCUT2D eigenvalue weighted by Gasteiger charge is -2.26. The maximum atomic E-state index is 9.16. The van der Waals surface area contributed by atoms with E-state index < -0.39 is 7.12 Å². The lowest BCUT2D eigenvalue weighted by Crippen LogP contribution is -2.34. The van der Waals surface area contributed by atoms with E-state index in [-0.39, 0.29) is 0 Å². The summed E-state index contributed by atoms with van der Waals surface area (Å²) in [4.78, 5) is 2.32. The molecule has 0 radical (unpaired) electrons. The maximum Gasteiger partial charge on any atom is 0.488 e. The van der Waals surface area contributed by atoms with Crippen LogP contribution >= 0.6 is 11.8 Å². The van der Waals surface area contributed by atoms with Crippen molar-refractivity contribution < 1.29 is 10.0 Å². The largest absolute Gasteiger partial charge is 0.488 e. The van der Waals surface area contributed by atoms with Crippen LogP contribution in [0, 0.1) is 0 Å². The zero-order chi connectivity index (χ0) is 13.5. The van der Waals surface area contributed by atoms with E-state index in [1.54, 1.807) is 6.07 Å². The van der Waals surface area contributed by atoms with Crippen molar-refractivity contribution in [3.8, 4) is 0 Å². The molecule has 0 heterocycles. The highest BCUT2D eigenvalue weighted by molar-refractivity contribution is 7.98. The van der Waals surface area contributed by atoms with Gasteiger partial charge in [0.25, 0.3) is 0 Å². The number of benzene rings is 1. The highest BCUT2D eigenvalue weighted by Crippen LogP contribution is 2.11. The first-order chi connectivity index (χ1) is 8.58. The molecule has 1 rings (SSSR count). The zero-order valence-electron chi connectivity index (χ0n) is 11.3. The molecule has 1 aromatic carbocycles. The van der Waals surface area contributed by atoms with Gasteiger partial charge in [-0.25, -0.2) is 0 Å². The van der Waals surface area contributed by atoms with Gasteiger partial charge in [-0.3, -0.25) is 4.90 Å². The lowest BCUT2D eigenvalue weighted by atomic mass is 9.79. The van der Waals surface area contributed by atoms with Crippen molar-refractivity contribution in [1.29, 1.82) is 0 Å². The summed E-state index contributed by atoms with van der Waals surface area (Å²) in [5.74, 6) is 1.12. The molecule has 100 valence electrons. The normalized spacial score (nSPS) is 12.8. The van der Waals surface area contributed by atoms with Crippen LogP contribution in [0.2, 0.25) is 0 Å². The number of rotatable bonds is 7. The average Bonchev–Trinajstić information content (AvgIpc) is 2.36. The van der Waals surface area contributed by atoms with E-state index in [0.717, 1.165) is 24.3 Å². The minimum atomic E-state index is -1.39. The summed E-state index contributed by atoms with van der Waals surface area (Å²) in [5.41, 5.74) is 1.67. The number of thioether (sulfide) groups is 1. The van der Waals surface area contributed by atoms with E-state index in [1.807, 2.05) is 30.0 Å². The molecule has 1 unspecified atom stereocenters. The van der Waals surface area contributed by atoms with Crippen LogP contribution in [0.25, 0.3) is 0 Å². The van der Waals surface area contributed by atoms with Crippen molar-refractivity contribution in [2.24, 2.45) is 0 Å². The quantitative estimate of drug-likeness (QED) is 0.722. The maximum absolute atomic E-state index is 9.16. The molecule has 0 spiro atoms. The van der Waals surface area contributed by atoms with Crippen molar-refractivity contribution >= 4 is 24.3 Å². The molecule has 0 saturated heterocycles. The summed E-state index contributed by atoms with van der Waals surface area (Å²) in [6.45, 7) is 3.03. The third-order valence-corrected chi connectivity index (χ3v) is 3.85. The fourth-order valence-electron chi connectivity index (χ4n) is 2.02. The number of nitrogens with zero attached hydrogens (tertiary/aromatic N) is 1. The van der Waals surface area contributed by atoms with Crippen LogP contribution in [0.15, 0.2) is 24.3 Å². The van der Waals surface area contributed by atoms with E-state index in [1.165, 1.54) is 0 Å². The predicted octanol–water partition coefficient (Wildman–Crippen LogP) is 0.940. The smallest absolute Gasteiger partial charge is 0.423 e. The SMILES string of the molecule is CCC(CSC)N(C)Cc1cccc(B(O)O)c1. The van der Waals surface area contributed by atoms with E-state index >= 15 is 0 Å². The summed E-state index contributed by atoms with van der Waals surface area (Å²) in [6, 6.07) is 8.03. The van der Waals surface area contributed by atoms with Gasteiger partial charge in [0, 0.05) is 18.3 Å². The first kappa shape index (κ1) is 15.6. The van der Waals surface area contributed by atoms with Gasteiger partial charge >= 0.3 is 7.12 Å². The monoisotopic (exact) mass is 267 g/mol. The Labute approximate surface area is 114 Å². The minimum absolute atomic E-state index is 0.554. The lowest BCUT2D eigenvalue weighted by molar-refractivity contribution is 0.248. The van der Waals surface area contributed by atoms with Gasteiger partial charge in [0.1, 0.15) is 0 Å². The standard InChI is InChI=1S/C13H22BNO2S/c1-4-13(10-18-3)15(2)9-11-6-5-7-12(8-11)14(16)17/h5-8,13,16-17H,4,9-10H2,1-3H3. The molecule has 0 amide bonds. The third kappa shape index (κ3) is 4.65. The van der Waals surface area contributed by atoms with Gasteiger partial charge in [-0.2, -0.15) is 11.8 Å². The number of hydrogen-bond acceptors (Lipinski definition) is 4. The van der Waals surface area contributed by atoms with Crippen molar-refractivity contribution in [2.75, 3.05) is 19.1 Å². The molecule has 5 heteroatoms. The van der Waals surface area contributed by atoms with Crippen LogP contribution in [0.5, 0.6) is 0 Å². The zero-order valence-corrected chi connectivity index (χ0v) is 12.2. The van der Waals surface area contributed by atoms with Crippen LogP contribution in [0.4, 0.5) is 0 Å². The molecule has 0 aliphatic carbocycles. The van der Waals surface area contributed by atoms with E-state index in [9.17, 15) is 0 Å². The summed E-state index contributed by atoms with van der Waals surface area (Å²) in [7, 11) is 0.732. The second-order valence-electron chi connectivity index (χ2n) is 4.55. The molecule has 0 aliphatic rings. The Bertz CT molecular complexity index is 363. The van der Waals surface area contributed by atoms with Crippen molar-refractivity contribution in [1.82, 2.24) is 4.90 Å². The number of hydrogen-bond donors (Lipinski definition) is 2. The molecule has 0 saturated carbocycles. The Morgan fingerprint density at radius 1 is 1.39 bits per heavy atom. The Hall–Kier alpha value is -0.485. The molecule has 1 atom stereocenters. The Morgan fingerprint density at radius 2 is 2.11 bits per heavy atom. The second kappa shape index (κ2) is 7.84. The van der Waals surface area contributed by atoms with Gasteiger partial charge in [-0.05, 0) is 30.8 Å². The summed E-state index contributed by atoms with van der Waals surface area (Å²) < 4.78 is 0. The predicted molar refractivity (Wildman–Crippen MR) is 80.2 cm³/mol. The van der Waals surface area contributed by atoms with Gasteiger partial charge in [0.2, 0.25) is 0 Å². The molecular formula is C13H22BNO2S. The van der Waals surface area contributed by atoms with E-state index in [4.69, 9.17) is 10.0 Å². The molecule has 1 aromatic rings. The molecule has 18 heavy (non-hydrogen) atoms. The van der Waals surface area contributed by atoms with Crippen LogP contribution in [0.1, 0.15) is 18.9 Å². The molecule has 0 aliphatic heterocycles. The third-order valence-electron chi connectivity index (χ3n) is 3.13. The van der Waals surface area contributed by atoms with Crippen LogP contribution in [-0.4, -0.2) is 47.2 Å². The van der Waals surface area contributed by atoms with Crippen molar-refractivity contribution in [3.63, 3.8) is 0 Å². The van der Waals surface area contributed by atoms with Crippen LogP contribution in [0.3, 0.4) is 0 Å². The van der Waals surface area contributed by atoms with Gasteiger partial charge in [0.05, 0.1) is 0 Å². The Kier molecular flexibility index (Phi) is 6.78. The molecular weight excluding hydrogens is 245 g/mol. The van der Waals surface area contributed by atoms with Crippen LogP contribution in [-0.2, 0) is 6.54 Å². The molecule has 0 fully saturated rings. The van der Waals surface area contributed by atoms with Crippen molar-refractivity contribution in [3.05, 3.63) is 29.8 Å². The highest BCUT2D eigenvalue weighted by Gasteiger charge is 2.14. The van der Waals surface area contributed by atoms with Crippen LogP contribution < -0.4 is 5.46 Å². The molecule has 3 nitrogen and oxygen atoms in total. The fraction of sp³-hybridized carbons (Fsp3) is 0.538. The summed E-state index contributed by atoms with van der Waals surface area (Å²) in [5, 5.41) is 18.3. The molecule has 0 bridgehead atoms.